The van der Waals surface area contributed by atoms with E-state index in [1.807, 2.05) is 12.1 Å². The summed E-state index contributed by atoms with van der Waals surface area (Å²) in [5, 5.41) is 20.6. The second kappa shape index (κ2) is 5.86. The monoisotopic (exact) mass is 336 g/mol. The lowest BCUT2D eigenvalue weighted by Crippen LogP contribution is -2.54. The average Bonchev–Trinajstić information content (AvgIpc) is 3.05. The molecule has 1 aromatic rings. The molecule has 1 aromatic carbocycles. The Labute approximate surface area is 136 Å². The number of carboxylic acid groups (broad SMARTS) is 1. The molecule has 3 N–H and O–H groups in total. The van der Waals surface area contributed by atoms with Crippen LogP contribution in [0.3, 0.4) is 0 Å². The van der Waals surface area contributed by atoms with Crippen LogP contribution in [-0.4, -0.2) is 56.8 Å². The van der Waals surface area contributed by atoms with E-state index in [0.29, 0.717) is 11.3 Å². The van der Waals surface area contributed by atoms with Crippen LogP contribution in [0.15, 0.2) is 24.3 Å². The first-order valence-corrected chi connectivity index (χ1v) is 8.21. The number of hydrogen-bond donors (Lipinski definition) is 3. The standard InChI is InChI=1S/C15H16N2O5S/c1-7(18)11(15(21)22)16-12(19)10-6-23-14-9-5-3-2-4-8(9)13(20)17(10)14/h2-5,7,10-11,14,18H,6H2,1H3,(H,16,19)(H,21,22). The number of hydrogen-bond acceptors (Lipinski definition) is 5. The molecular formula is C15H16N2O5S. The van der Waals surface area contributed by atoms with Gasteiger partial charge in [-0.15, -0.1) is 11.8 Å². The Balaban J connectivity index is 1.80. The Morgan fingerprint density at radius 1 is 1.39 bits per heavy atom. The van der Waals surface area contributed by atoms with Gasteiger partial charge in [-0.3, -0.25) is 9.59 Å². The molecule has 2 aliphatic heterocycles. The summed E-state index contributed by atoms with van der Waals surface area (Å²) in [5.74, 6) is -1.70. The zero-order chi connectivity index (χ0) is 16.7. The Morgan fingerprint density at radius 2 is 2.09 bits per heavy atom. The number of aliphatic carboxylic acids is 1. The molecule has 1 fully saturated rings. The van der Waals surface area contributed by atoms with Crippen molar-refractivity contribution in [2.24, 2.45) is 0 Å². The molecule has 0 radical (unpaired) electrons. The molecule has 0 spiro atoms. The Kier molecular flexibility index (Phi) is 4.03. The van der Waals surface area contributed by atoms with Crippen LogP contribution in [-0.2, 0) is 9.59 Å². The van der Waals surface area contributed by atoms with Gasteiger partial charge < -0.3 is 20.4 Å². The molecule has 2 amide bonds. The van der Waals surface area contributed by atoms with Crippen LogP contribution in [0.2, 0.25) is 0 Å². The van der Waals surface area contributed by atoms with Gasteiger partial charge >= 0.3 is 5.97 Å². The number of rotatable bonds is 4. The third kappa shape index (κ3) is 2.57. The predicted octanol–water partition coefficient (Wildman–Crippen LogP) is 0.207. The number of carboxylic acids is 1. The molecule has 0 bridgehead atoms. The Bertz CT molecular complexity index is 678. The second-order valence-electron chi connectivity index (χ2n) is 5.57. The van der Waals surface area contributed by atoms with Crippen molar-refractivity contribution in [1.82, 2.24) is 10.2 Å². The van der Waals surface area contributed by atoms with Gasteiger partial charge in [0, 0.05) is 11.3 Å². The van der Waals surface area contributed by atoms with Crippen molar-refractivity contribution in [2.45, 2.75) is 30.5 Å². The molecule has 3 rings (SSSR count). The maximum absolute atomic E-state index is 12.5. The third-order valence-corrected chi connectivity index (χ3v) is 5.35. The number of carbonyl (C=O) groups is 3. The number of nitrogens with one attached hydrogen (secondary N) is 1. The molecule has 23 heavy (non-hydrogen) atoms. The number of fused-ring (bicyclic) bond motifs is 3. The van der Waals surface area contributed by atoms with Crippen molar-refractivity contribution in [3.63, 3.8) is 0 Å². The van der Waals surface area contributed by atoms with E-state index in [-0.39, 0.29) is 11.3 Å². The normalized spacial score (nSPS) is 24.8. The maximum Gasteiger partial charge on any atom is 0.328 e. The quantitative estimate of drug-likeness (QED) is 0.725. The SMILES string of the molecule is CC(O)C(NC(=O)C1CSC2c3ccccc3C(=O)N12)C(=O)O. The lowest BCUT2D eigenvalue weighted by atomic mass is 10.1. The first-order chi connectivity index (χ1) is 10.9. The van der Waals surface area contributed by atoms with Crippen molar-refractivity contribution in [1.29, 1.82) is 0 Å². The van der Waals surface area contributed by atoms with Gasteiger partial charge in [0.1, 0.15) is 11.4 Å². The first kappa shape index (κ1) is 15.8. The van der Waals surface area contributed by atoms with E-state index < -0.39 is 30.1 Å². The van der Waals surface area contributed by atoms with Crippen LogP contribution >= 0.6 is 11.8 Å². The van der Waals surface area contributed by atoms with Crippen LogP contribution in [0.25, 0.3) is 0 Å². The lowest BCUT2D eigenvalue weighted by Gasteiger charge is -2.25. The summed E-state index contributed by atoms with van der Waals surface area (Å²) in [6.45, 7) is 1.29. The number of nitrogens with zero attached hydrogens (tertiary/aromatic N) is 1. The van der Waals surface area contributed by atoms with Gasteiger partial charge in [-0.05, 0) is 18.6 Å². The highest BCUT2D eigenvalue weighted by Gasteiger charge is 2.48. The molecule has 0 aromatic heterocycles. The van der Waals surface area contributed by atoms with Crippen molar-refractivity contribution in [2.75, 3.05) is 5.75 Å². The molecule has 8 heteroatoms. The van der Waals surface area contributed by atoms with Gasteiger partial charge in [-0.2, -0.15) is 0 Å². The van der Waals surface area contributed by atoms with Gasteiger partial charge in [0.2, 0.25) is 5.91 Å². The van der Waals surface area contributed by atoms with E-state index >= 15 is 0 Å². The molecule has 0 saturated carbocycles. The highest BCUT2D eigenvalue weighted by molar-refractivity contribution is 7.99. The number of carbonyl (C=O) groups excluding carboxylic acids is 2. The summed E-state index contributed by atoms with van der Waals surface area (Å²) >= 11 is 1.47. The summed E-state index contributed by atoms with van der Waals surface area (Å²) in [4.78, 5) is 37.5. The molecule has 2 heterocycles. The van der Waals surface area contributed by atoms with Gasteiger partial charge in [-0.1, -0.05) is 18.2 Å². The predicted molar refractivity (Wildman–Crippen MR) is 82.8 cm³/mol. The third-order valence-electron chi connectivity index (χ3n) is 4.04. The minimum atomic E-state index is -1.40. The van der Waals surface area contributed by atoms with Gasteiger partial charge in [0.15, 0.2) is 6.04 Å². The number of amides is 2. The molecule has 0 aliphatic carbocycles. The van der Waals surface area contributed by atoms with E-state index in [1.165, 1.54) is 23.6 Å². The van der Waals surface area contributed by atoms with Crippen LogP contribution in [0.5, 0.6) is 0 Å². The van der Waals surface area contributed by atoms with Crippen molar-refractivity contribution in [3.8, 4) is 0 Å². The number of aliphatic hydroxyl groups excluding tert-OH is 1. The maximum atomic E-state index is 12.5. The highest BCUT2D eigenvalue weighted by atomic mass is 32.2. The molecule has 1 saturated heterocycles. The molecule has 4 unspecified atom stereocenters. The molecule has 2 aliphatic rings. The largest absolute Gasteiger partial charge is 0.480 e. The summed E-state index contributed by atoms with van der Waals surface area (Å²) in [7, 11) is 0. The fraction of sp³-hybridized carbons (Fsp3) is 0.400. The average molecular weight is 336 g/mol. The van der Waals surface area contributed by atoms with Crippen LogP contribution < -0.4 is 5.32 Å². The first-order valence-electron chi connectivity index (χ1n) is 7.16. The van der Waals surface area contributed by atoms with E-state index in [0.717, 1.165) is 5.56 Å². The summed E-state index contributed by atoms with van der Waals surface area (Å²) in [6.07, 6.45) is -1.23. The van der Waals surface area contributed by atoms with Crippen LogP contribution in [0.1, 0.15) is 28.2 Å². The Morgan fingerprint density at radius 3 is 2.74 bits per heavy atom. The summed E-state index contributed by atoms with van der Waals surface area (Å²) in [5.41, 5.74) is 1.45. The van der Waals surface area contributed by atoms with Crippen LogP contribution in [0.4, 0.5) is 0 Å². The molecule has 122 valence electrons. The van der Waals surface area contributed by atoms with Crippen LogP contribution in [0, 0.1) is 0 Å². The fourth-order valence-corrected chi connectivity index (χ4v) is 4.35. The Hall–Kier alpha value is -2.06. The van der Waals surface area contributed by atoms with E-state index in [4.69, 9.17) is 5.11 Å². The van der Waals surface area contributed by atoms with Crippen molar-refractivity contribution < 1.29 is 24.6 Å². The number of thioether (sulfide) groups is 1. The highest BCUT2D eigenvalue weighted by Crippen LogP contribution is 2.48. The summed E-state index contributed by atoms with van der Waals surface area (Å²) in [6, 6.07) is 5.06. The molecular weight excluding hydrogens is 320 g/mol. The van der Waals surface area contributed by atoms with Gasteiger partial charge in [0.05, 0.1) is 6.10 Å². The fourth-order valence-electron chi connectivity index (χ4n) is 2.88. The lowest BCUT2D eigenvalue weighted by molar-refractivity contribution is -0.145. The van der Waals surface area contributed by atoms with Gasteiger partial charge in [-0.25, -0.2) is 4.79 Å². The summed E-state index contributed by atoms with van der Waals surface area (Å²) < 4.78 is 0. The topological polar surface area (TPSA) is 107 Å². The van der Waals surface area contributed by atoms with E-state index in [1.54, 1.807) is 12.1 Å². The minimum Gasteiger partial charge on any atom is -0.480 e. The molecule has 4 atom stereocenters. The van der Waals surface area contributed by atoms with Crippen molar-refractivity contribution >= 4 is 29.5 Å². The van der Waals surface area contributed by atoms with E-state index in [9.17, 15) is 19.5 Å². The molecule has 7 nitrogen and oxygen atoms in total. The zero-order valence-electron chi connectivity index (χ0n) is 12.3. The minimum absolute atomic E-state index is 0.218. The van der Waals surface area contributed by atoms with Crippen molar-refractivity contribution in [3.05, 3.63) is 35.4 Å². The van der Waals surface area contributed by atoms with Gasteiger partial charge in [0.25, 0.3) is 5.91 Å². The number of aliphatic hydroxyl groups is 1. The smallest absolute Gasteiger partial charge is 0.328 e. The second-order valence-corrected chi connectivity index (χ2v) is 6.68. The zero-order valence-corrected chi connectivity index (χ0v) is 13.1. The van der Waals surface area contributed by atoms with E-state index in [2.05, 4.69) is 5.32 Å². The number of benzene rings is 1.